The highest BCUT2D eigenvalue weighted by Gasteiger charge is 2.62. The molecule has 0 aromatic heterocycles. The van der Waals surface area contributed by atoms with Crippen molar-refractivity contribution in [2.45, 2.75) is 135 Å². The summed E-state index contributed by atoms with van der Waals surface area (Å²) in [6.07, 6.45) is 3.16. The van der Waals surface area contributed by atoms with Crippen LogP contribution in [-0.2, 0) is 36.9 Å². The predicted molar refractivity (Wildman–Crippen MR) is 195 cm³/mol. The normalized spacial score (nSPS) is 25.9. The van der Waals surface area contributed by atoms with Crippen LogP contribution in [0.2, 0.25) is 0 Å². The van der Waals surface area contributed by atoms with Crippen LogP contribution in [0.25, 0.3) is 0 Å². The zero-order valence-corrected chi connectivity index (χ0v) is 31.8. The monoisotopic (exact) mass is 749 g/mol. The van der Waals surface area contributed by atoms with Gasteiger partial charge in [0.25, 0.3) is 5.91 Å². The van der Waals surface area contributed by atoms with Crippen LogP contribution in [0.5, 0.6) is 5.75 Å². The molecule has 2 aromatic rings. The van der Waals surface area contributed by atoms with Gasteiger partial charge in [0.2, 0.25) is 11.8 Å². The van der Waals surface area contributed by atoms with Crippen LogP contribution in [0.1, 0.15) is 101 Å². The number of alkyl carbamates (subject to hydrolysis) is 1. The summed E-state index contributed by atoms with van der Waals surface area (Å²) in [4.78, 5) is 77.4. The lowest BCUT2D eigenvalue weighted by molar-refractivity contribution is -0.142. The highest BCUT2D eigenvalue weighted by atomic mass is 19.1. The molecule has 54 heavy (non-hydrogen) atoms. The fourth-order valence-electron chi connectivity index (χ4n) is 7.94. The number of halogens is 1. The van der Waals surface area contributed by atoms with E-state index in [2.05, 4.69) is 16.1 Å². The number of hydrogen-bond acceptors (Lipinski definition) is 8. The van der Waals surface area contributed by atoms with Gasteiger partial charge in [-0.15, -0.1) is 0 Å². The molecule has 13 nitrogen and oxygen atoms in total. The second-order valence-electron chi connectivity index (χ2n) is 16.2. The Morgan fingerprint density at radius 2 is 1.67 bits per heavy atom. The largest absolute Gasteiger partial charge is 0.444 e. The minimum Gasteiger partial charge on any atom is -0.444 e. The Balaban J connectivity index is 1.23. The van der Waals surface area contributed by atoms with E-state index in [9.17, 15) is 28.4 Å². The van der Waals surface area contributed by atoms with Crippen molar-refractivity contribution in [1.82, 2.24) is 25.9 Å². The summed E-state index contributed by atoms with van der Waals surface area (Å²) >= 11 is 0. The maximum absolute atomic E-state index is 14.5. The predicted octanol–water partition coefficient (Wildman–Crippen LogP) is 5.49. The second kappa shape index (κ2) is 15.8. The van der Waals surface area contributed by atoms with Crippen molar-refractivity contribution in [1.29, 1.82) is 0 Å². The molecule has 1 aliphatic carbocycles. The van der Waals surface area contributed by atoms with Gasteiger partial charge in [-0.1, -0.05) is 50.3 Å². The minimum absolute atomic E-state index is 0.0329. The SMILES string of the molecule is Cc1cc(C)cc(ONC(=O)[C@@]23C[C@@H]2CCCCCCC[C@H](NC(=O)OC(C)(C)C)C(=O)N2C[C@H](OC(=O)N4Cc5cccc(F)c5C4)C[C@H]2C(=O)N3)c1. The van der Waals surface area contributed by atoms with E-state index in [0.717, 1.165) is 36.8 Å². The van der Waals surface area contributed by atoms with Crippen LogP contribution in [0, 0.1) is 25.6 Å². The van der Waals surface area contributed by atoms with Gasteiger partial charge in [0.05, 0.1) is 13.1 Å². The fraction of sp³-hybridized carbons (Fsp3) is 0.575. The first kappa shape index (κ1) is 38.8. The summed E-state index contributed by atoms with van der Waals surface area (Å²) in [6, 6.07) is 8.13. The number of nitrogens with zero attached hydrogens (tertiary/aromatic N) is 2. The molecule has 3 fully saturated rings. The number of nitrogens with one attached hydrogen (secondary N) is 3. The summed E-state index contributed by atoms with van der Waals surface area (Å²) in [5.41, 5.74) is 3.52. The lowest BCUT2D eigenvalue weighted by atomic mass is 10.0. The maximum Gasteiger partial charge on any atom is 0.410 e. The lowest BCUT2D eigenvalue weighted by Crippen LogP contribution is -2.58. The molecular formula is C40H52FN5O8. The number of carbonyl (C=O) groups is 5. The summed E-state index contributed by atoms with van der Waals surface area (Å²) < 4.78 is 25.8. The number of hydrogen-bond donors (Lipinski definition) is 3. The Morgan fingerprint density at radius 3 is 2.37 bits per heavy atom. The number of amides is 5. The van der Waals surface area contributed by atoms with Gasteiger partial charge in [-0.2, -0.15) is 5.48 Å². The minimum atomic E-state index is -1.26. The number of benzene rings is 2. The van der Waals surface area contributed by atoms with Gasteiger partial charge in [0.15, 0.2) is 5.75 Å². The van der Waals surface area contributed by atoms with E-state index in [-0.39, 0.29) is 32.0 Å². The molecule has 5 amide bonds. The van der Waals surface area contributed by atoms with Crippen LogP contribution in [-0.4, -0.2) is 75.6 Å². The van der Waals surface area contributed by atoms with Crippen LogP contribution in [0.4, 0.5) is 14.0 Å². The summed E-state index contributed by atoms with van der Waals surface area (Å²) in [5.74, 6) is -1.68. The molecular weight excluding hydrogens is 697 g/mol. The molecule has 0 radical (unpaired) electrons. The number of aryl methyl sites for hydroxylation is 2. The maximum atomic E-state index is 14.5. The average molecular weight is 750 g/mol. The van der Waals surface area contributed by atoms with Gasteiger partial charge < -0.3 is 29.8 Å². The molecule has 0 spiro atoms. The zero-order chi connectivity index (χ0) is 38.8. The first-order valence-electron chi connectivity index (χ1n) is 19.0. The molecule has 3 aliphatic heterocycles. The Morgan fingerprint density at radius 1 is 0.963 bits per heavy atom. The average Bonchev–Trinajstić information content (AvgIpc) is 3.39. The highest BCUT2D eigenvalue weighted by molar-refractivity contribution is 5.98. The van der Waals surface area contributed by atoms with E-state index in [1.807, 2.05) is 19.9 Å². The van der Waals surface area contributed by atoms with Gasteiger partial charge in [-0.05, 0) is 94.7 Å². The first-order valence-corrected chi connectivity index (χ1v) is 19.0. The standard InChI is InChI=1S/C40H52FN5O8/c1-24-16-25(2)18-28(17-24)54-44-36(49)40-20-27(40)13-9-7-6-8-10-15-32(42-37(50)53-39(3,4)5)35(48)46-22-29(19-33(46)34(47)43-40)52-38(51)45-21-26-12-11-14-31(41)30(26)23-45/h11-12,14,16-18,27,29,32-33H,6-10,13,15,19-23H2,1-5H3,(H,42,50)(H,43,47)(H,44,49)/t27-,29+,32-,33-,40+/m0/s1. The zero-order valence-electron chi connectivity index (χ0n) is 31.8. The molecule has 6 rings (SSSR count). The first-order chi connectivity index (χ1) is 25.6. The van der Waals surface area contributed by atoms with Crippen LogP contribution < -0.4 is 21.0 Å². The number of rotatable bonds is 5. The Labute approximate surface area is 315 Å². The van der Waals surface area contributed by atoms with Gasteiger partial charge in [0, 0.05) is 18.5 Å². The van der Waals surface area contributed by atoms with Crippen molar-refractivity contribution in [2.24, 2.45) is 5.92 Å². The smallest absolute Gasteiger partial charge is 0.410 e. The third-order valence-corrected chi connectivity index (χ3v) is 10.6. The quantitative estimate of drug-likeness (QED) is 0.340. The Hall–Kier alpha value is -4.88. The summed E-state index contributed by atoms with van der Waals surface area (Å²) in [7, 11) is 0. The topological polar surface area (TPSA) is 156 Å². The molecule has 2 saturated heterocycles. The molecule has 2 aromatic carbocycles. The van der Waals surface area contributed by atoms with Crippen molar-refractivity contribution < 1.29 is 42.7 Å². The van der Waals surface area contributed by atoms with Crippen molar-refractivity contribution in [2.75, 3.05) is 6.54 Å². The van der Waals surface area contributed by atoms with Gasteiger partial charge in [-0.3, -0.25) is 19.3 Å². The second-order valence-corrected chi connectivity index (χ2v) is 16.2. The molecule has 292 valence electrons. The van der Waals surface area contributed by atoms with Crippen LogP contribution >= 0.6 is 0 Å². The van der Waals surface area contributed by atoms with Crippen LogP contribution in [0.15, 0.2) is 36.4 Å². The third-order valence-electron chi connectivity index (χ3n) is 10.6. The summed E-state index contributed by atoms with van der Waals surface area (Å²) in [5, 5.41) is 5.72. The van der Waals surface area contributed by atoms with Gasteiger partial charge in [0.1, 0.15) is 35.1 Å². The van der Waals surface area contributed by atoms with E-state index in [4.69, 9.17) is 14.3 Å². The molecule has 3 N–H and O–H groups in total. The molecule has 5 atom stereocenters. The molecule has 1 saturated carbocycles. The Kier molecular flexibility index (Phi) is 11.4. The Bertz CT molecular complexity index is 1760. The summed E-state index contributed by atoms with van der Waals surface area (Å²) in [6.45, 7) is 9.10. The molecule has 4 aliphatic rings. The van der Waals surface area contributed by atoms with Crippen molar-refractivity contribution in [3.05, 3.63) is 64.5 Å². The number of carbonyl (C=O) groups excluding carboxylic acids is 5. The third kappa shape index (κ3) is 9.07. The number of fused-ring (bicyclic) bond motifs is 3. The van der Waals surface area contributed by atoms with Crippen molar-refractivity contribution in [3.8, 4) is 5.75 Å². The highest BCUT2D eigenvalue weighted by Crippen LogP contribution is 2.48. The number of hydroxylamine groups is 1. The van der Waals surface area contributed by atoms with E-state index in [0.29, 0.717) is 42.6 Å². The molecule has 0 unspecified atom stereocenters. The lowest BCUT2D eigenvalue weighted by Gasteiger charge is -2.30. The van der Waals surface area contributed by atoms with Crippen molar-refractivity contribution in [3.63, 3.8) is 0 Å². The molecule has 3 heterocycles. The molecule has 14 heteroatoms. The van der Waals surface area contributed by atoms with Crippen molar-refractivity contribution >= 4 is 29.9 Å². The van der Waals surface area contributed by atoms with E-state index < -0.39 is 65.1 Å². The van der Waals surface area contributed by atoms with Gasteiger partial charge >= 0.3 is 12.2 Å². The molecule has 0 bridgehead atoms. The van der Waals surface area contributed by atoms with E-state index >= 15 is 0 Å². The van der Waals surface area contributed by atoms with Gasteiger partial charge in [-0.25, -0.2) is 14.0 Å². The number of ether oxygens (including phenoxy) is 2. The van der Waals surface area contributed by atoms with Crippen LogP contribution in [0.3, 0.4) is 0 Å². The fourth-order valence-corrected chi connectivity index (χ4v) is 7.94. The van der Waals surface area contributed by atoms with E-state index in [1.165, 1.54) is 15.9 Å². The van der Waals surface area contributed by atoms with E-state index in [1.54, 1.807) is 45.0 Å².